The number of hydrogen-bond acceptors (Lipinski definition) is 4. The Kier molecular flexibility index (Phi) is 8.60. The van der Waals surface area contributed by atoms with E-state index < -0.39 is 0 Å². The molecule has 2 rings (SSSR count). The second-order valence-electron chi connectivity index (χ2n) is 6.93. The van der Waals surface area contributed by atoms with E-state index in [0.717, 1.165) is 12.8 Å². The fraction of sp³-hybridized carbons (Fsp3) is 0.500. The highest BCUT2D eigenvalue weighted by atomic mass is 35.5. The van der Waals surface area contributed by atoms with Crippen molar-refractivity contribution in [2.45, 2.75) is 25.7 Å². The zero-order valence-corrected chi connectivity index (χ0v) is 17.3. The number of phenols is 1. The van der Waals surface area contributed by atoms with Crippen LogP contribution >= 0.6 is 23.2 Å². The zero-order valence-electron chi connectivity index (χ0n) is 15.7. The van der Waals surface area contributed by atoms with Crippen molar-refractivity contribution in [1.82, 2.24) is 9.80 Å². The molecule has 1 saturated heterocycles. The van der Waals surface area contributed by atoms with Gasteiger partial charge in [0.15, 0.2) is 0 Å². The van der Waals surface area contributed by atoms with Crippen molar-refractivity contribution < 1.29 is 19.8 Å². The molecule has 2 amide bonds. The van der Waals surface area contributed by atoms with Crippen molar-refractivity contribution in [3.05, 3.63) is 40.4 Å². The fourth-order valence-electron chi connectivity index (χ4n) is 3.40. The number of rotatable bonds is 8. The van der Waals surface area contributed by atoms with E-state index in [4.69, 9.17) is 28.3 Å². The molecule has 1 fully saturated rings. The van der Waals surface area contributed by atoms with Gasteiger partial charge < -0.3 is 20.0 Å². The molecule has 0 atom stereocenters. The van der Waals surface area contributed by atoms with Gasteiger partial charge in [-0.25, -0.2) is 0 Å². The van der Waals surface area contributed by atoms with Gasteiger partial charge in [0.25, 0.3) is 0 Å². The Morgan fingerprint density at radius 3 is 2.50 bits per heavy atom. The molecule has 0 saturated carbocycles. The number of halogens is 2. The van der Waals surface area contributed by atoms with Gasteiger partial charge in [0.05, 0.1) is 16.7 Å². The van der Waals surface area contributed by atoms with Crippen molar-refractivity contribution >= 4 is 35.0 Å². The topological polar surface area (TPSA) is 81.1 Å². The molecule has 1 heterocycles. The van der Waals surface area contributed by atoms with Crippen LogP contribution in [0.5, 0.6) is 5.75 Å². The van der Waals surface area contributed by atoms with Gasteiger partial charge >= 0.3 is 0 Å². The van der Waals surface area contributed by atoms with Crippen LogP contribution in [0.15, 0.2) is 24.8 Å². The van der Waals surface area contributed by atoms with Gasteiger partial charge in [-0.05, 0) is 42.9 Å². The van der Waals surface area contributed by atoms with Crippen LogP contribution in [0.1, 0.15) is 24.8 Å². The third-order valence-electron chi connectivity index (χ3n) is 5.03. The summed E-state index contributed by atoms with van der Waals surface area (Å²) in [5.74, 6) is 0.169. The van der Waals surface area contributed by atoms with E-state index in [0.29, 0.717) is 42.6 Å². The monoisotopic (exact) mass is 428 g/mol. The minimum Gasteiger partial charge on any atom is -0.508 e. The lowest BCUT2D eigenvalue weighted by Gasteiger charge is -2.34. The van der Waals surface area contributed by atoms with E-state index in [1.807, 2.05) is 4.90 Å². The molecule has 6 nitrogen and oxygen atoms in total. The Morgan fingerprint density at radius 2 is 1.89 bits per heavy atom. The number of phenolic OH excluding ortho intramolecular Hbond substituents is 1. The van der Waals surface area contributed by atoms with Gasteiger partial charge in [0, 0.05) is 38.7 Å². The van der Waals surface area contributed by atoms with E-state index >= 15 is 0 Å². The molecule has 0 aromatic heterocycles. The summed E-state index contributed by atoms with van der Waals surface area (Å²) in [4.78, 5) is 27.7. The highest BCUT2D eigenvalue weighted by Crippen LogP contribution is 2.30. The van der Waals surface area contributed by atoms with Gasteiger partial charge in [-0.3, -0.25) is 9.59 Å². The van der Waals surface area contributed by atoms with Crippen LogP contribution in [0.4, 0.5) is 0 Å². The number of aromatic hydroxyl groups is 1. The molecular weight excluding hydrogens is 403 g/mol. The normalized spacial score (nSPS) is 14.8. The number of hydrogen-bond donors (Lipinski definition) is 2. The molecule has 0 bridgehead atoms. The second kappa shape index (κ2) is 10.7. The number of benzene rings is 1. The van der Waals surface area contributed by atoms with Crippen molar-refractivity contribution in [2.24, 2.45) is 5.92 Å². The Balaban J connectivity index is 1.82. The van der Waals surface area contributed by atoms with Crippen LogP contribution in [0.3, 0.4) is 0 Å². The lowest BCUT2D eigenvalue weighted by molar-refractivity contribution is -0.133. The highest BCUT2D eigenvalue weighted by molar-refractivity contribution is 6.42. The molecule has 0 aliphatic carbocycles. The molecule has 1 aliphatic heterocycles. The number of carbonyl (C=O) groups is 2. The number of carbonyl (C=O) groups excluding carboxylic acids is 2. The SMILES string of the molecule is C=CC(=O)N(CCO)CC1CCN(C(=O)CCc2cc(Cl)c(Cl)cc2O)CC1. The Hall–Kier alpha value is -1.76. The molecule has 1 aromatic rings. The molecule has 0 spiro atoms. The average molecular weight is 429 g/mol. The van der Waals surface area contributed by atoms with Gasteiger partial charge in [-0.2, -0.15) is 0 Å². The molecule has 2 N–H and O–H groups in total. The Morgan fingerprint density at radius 1 is 1.25 bits per heavy atom. The number of amides is 2. The summed E-state index contributed by atoms with van der Waals surface area (Å²) in [5, 5.41) is 19.7. The third kappa shape index (κ3) is 6.12. The van der Waals surface area contributed by atoms with E-state index in [-0.39, 0.29) is 42.2 Å². The molecule has 0 radical (unpaired) electrons. The van der Waals surface area contributed by atoms with Crippen LogP contribution in [0, 0.1) is 5.92 Å². The highest BCUT2D eigenvalue weighted by Gasteiger charge is 2.25. The number of aryl methyl sites for hydroxylation is 1. The number of aliphatic hydroxyl groups is 1. The maximum atomic E-state index is 12.5. The maximum absolute atomic E-state index is 12.5. The Bertz CT molecular complexity index is 718. The standard InChI is InChI=1S/C20H26Cl2N2O4/c1-2-19(27)24(9-10-25)13-14-5-7-23(8-6-14)20(28)4-3-15-11-16(21)17(22)12-18(15)26/h2,11-12,14,25-26H,1,3-10,13H2. The van der Waals surface area contributed by atoms with Gasteiger partial charge in [-0.1, -0.05) is 29.8 Å². The smallest absolute Gasteiger partial charge is 0.246 e. The maximum Gasteiger partial charge on any atom is 0.246 e. The van der Waals surface area contributed by atoms with Crippen LogP contribution < -0.4 is 0 Å². The zero-order chi connectivity index (χ0) is 20.7. The first-order chi connectivity index (χ1) is 13.3. The lowest BCUT2D eigenvalue weighted by Crippen LogP contribution is -2.43. The van der Waals surface area contributed by atoms with E-state index in [9.17, 15) is 14.7 Å². The molecule has 0 unspecified atom stereocenters. The average Bonchev–Trinajstić information content (AvgIpc) is 2.69. The number of piperidine rings is 1. The van der Waals surface area contributed by atoms with Crippen molar-refractivity contribution in [3.8, 4) is 5.75 Å². The van der Waals surface area contributed by atoms with Crippen molar-refractivity contribution in [1.29, 1.82) is 0 Å². The van der Waals surface area contributed by atoms with E-state index in [1.165, 1.54) is 12.1 Å². The van der Waals surface area contributed by atoms with Crippen molar-refractivity contribution in [2.75, 3.05) is 32.8 Å². The van der Waals surface area contributed by atoms with E-state index in [2.05, 4.69) is 6.58 Å². The summed E-state index contributed by atoms with van der Waals surface area (Å²) in [7, 11) is 0. The molecule has 1 aromatic carbocycles. The summed E-state index contributed by atoms with van der Waals surface area (Å²) in [6.45, 7) is 5.52. The second-order valence-corrected chi connectivity index (χ2v) is 7.75. The fourth-order valence-corrected chi connectivity index (χ4v) is 3.74. The number of aliphatic hydroxyl groups excluding tert-OH is 1. The third-order valence-corrected chi connectivity index (χ3v) is 5.75. The minimum atomic E-state index is -0.186. The van der Waals surface area contributed by atoms with E-state index in [1.54, 1.807) is 11.0 Å². The predicted molar refractivity (Wildman–Crippen MR) is 110 cm³/mol. The summed E-state index contributed by atoms with van der Waals surface area (Å²) >= 11 is 11.8. The lowest BCUT2D eigenvalue weighted by atomic mass is 9.95. The van der Waals surface area contributed by atoms with Gasteiger partial charge in [0.2, 0.25) is 11.8 Å². The summed E-state index contributed by atoms with van der Waals surface area (Å²) < 4.78 is 0. The quantitative estimate of drug-likeness (QED) is 0.623. The molecule has 154 valence electrons. The molecule has 28 heavy (non-hydrogen) atoms. The largest absolute Gasteiger partial charge is 0.508 e. The van der Waals surface area contributed by atoms with Crippen LogP contribution in [-0.4, -0.2) is 64.6 Å². The number of nitrogens with zero attached hydrogens (tertiary/aromatic N) is 2. The number of likely N-dealkylation sites (tertiary alicyclic amines) is 1. The summed E-state index contributed by atoms with van der Waals surface area (Å²) in [6.07, 6.45) is 3.53. The first-order valence-electron chi connectivity index (χ1n) is 9.32. The van der Waals surface area contributed by atoms with Gasteiger partial charge in [-0.15, -0.1) is 0 Å². The Labute approximate surface area is 175 Å². The first kappa shape index (κ1) is 22.5. The van der Waals surface area contributed by atoms with Gasteiger partial charge in [0.1, 0.15) is 5.75 Å². The van der Waals surface area contributed by atoms with Crippen molar-refractivity contribution in [3.63, 3.8) is 0 Å². The molecule has 1 aliphatic rings. The minimum absolute atomic E-state index is 0.0262. The first-order valence-corrected chi connectivity index (χ1v) is 10.1. The van der Waals surface area contributed by atoms with Crippen LogP contribution in [-0.2, 0) is 16.0 Å². The summed E-state index contributed by atoms with van der Waals surface area (Å²) in [6, 6.07) is 2.98. The molecule has 8 heteroatoms. The predicted octanol–water partition coefficient (Wildman–Crippen LogP) is 2.88. The van der Waals surface area contributed by atoms with Crippen LogP contribution in [0.2, 0.25) is 10.0 Å². The van der Waals surface area contributed by atoms with Crippen LogP contribution in [0.25, 0.3) is 0 Å². The molecular formula is C20H26Cl2N2O4. The summed E-state index contributed by atoms with van der Waals surface area (Å²) in [5.41, 5.74) is 0.597.